The molecule has 1 fully saturated rings. The molecule has 1 aromatic heterocycles. The van der Waals surface area contributed by atoms with Crippen LogP contribution in [0.4, 0.5) is 0 Å². The van der Waals surface area contributed by atoms with Crippen molar-refractivity contribution >= 4 is 11.3 Å². The maximum Gasteiger partial charge on any atom is 0.166 e. The Bertz CT molecular complexity index is 553. The first kappa shape index (κ1) is 13.4. The van der Waals surface area contributed by atoms with Gasteiger partial charge >= 0.3 is 0 Å². The van der Waals surface area contributed by atoms with Crippen molar-refractivity contribution in [2.24, 2.45) is 0 Å². The van der Waals surface area contributed by atoms with E-state index in [0.29, 0.717) is 12.6 Å². The van der Waals surface area contributed by atoms with E-state index in [2.05, 4.69) is 16.4 Å². The van der Waals surface area contributed by atoms with E-state index in [0.717, 1.165) is 29.3 Å². The summed E-state index contributed by atoms with van der Waals surface area (Å²) in [6.07, 6.45) is 2.55. The predicted octanol–water partition coefficient (Wildman–Crippen LogP) is 2.98. The second-order valence-electron chi connectivity index (χ2n) is 4.87. The summed E-state index contributed by atoms with van der Waals surface area (Å²) in [6, 6.07) is 6.68. The summed E-state index contributed by atoms with van der Waals surface area (Å²) in [6.45, 7) is 1.29. The second kappa shape index (κ2) is 6.24. The summed E-state index contributed by atoms with van der Waals surface area (Å²) >= 11 is 1.58. The number of nitrogens with zero attached hydrogens (tertiary/aromatic N) is 1. The molecule has 1 aromatic carbocycles. The monoisotopic (exact) mass is 290 g/mol. The molecule has 1 aliphatic rings. The summed E-state index contributed by atoms with van der Waals surface area (Å²) in [4.78, 5) is 4.24. The van der Waals surface area contributed by atoms with Crippen LogP contribution in [0.3, 0.4) is 0 Å². The molecule has 0 bridgehead atoms. The number of thiazole rings is 1. The average Bonchev–Trinajstić information content (AvgIpc) is 3.17. The van der Waals surface area contributed by atoms with Crippen LogP contribution < -0.4 is 14.8 Å². The first-order valence-corrected chi connectivity index (χ1v) is 7.70. The van der Waals surface area contributed by atoms with Crippen molar-refractivity contribution in [3.8, 4) is 11.5 Å². The fourth-order valence-electron chi connectivity index (χ4n) is 2.02. The van der Waals surface area contributed by atoms with Crippen LogP contribution in [0.5, 0.6) is 11.5 Å². The van der Waals surface area contributed by atoms with Gasteiger partial charge in [0.2, 0.25) is 0 Å². The minimum atomic E-state index is 0.473. The zero-order valence-electron chi connectivity index (χ0n) is 11.5. The van der Waals surface area contributed by atoms with Gasteiger partial charge < -0.3 is 14.8 Å². The van der Waals surface area contributed by atoms with E-state index in [4.69, 9.17) is 9.47 Å². The zero-order chi connectivity index (χ0) is 13.8. The van der Waals surface area contributed by atoms with Crippen LogP contribution in [-0.2, 0) is 13.2 Å². The standard InChI is InChI=1S/C15H18N2O2S/c1-18-14-4-2-3-11(7-16-12-5-6-12)15(14)19-8-13-9-20-10-17-13/h2-4,9-10,12,16H,5-8H2,1H3. The molecule has 1 aliphatic carbocycles. The molecule has 0 aliphatic heterocycles. The molecule has 4 nitrogen and oxygen atoms in total. The van der Waals surface area contributed by atoms with Gasteiger partial charge in [-0.25, -0.2) is 4.98 Å². The maximum absolute atomic E-state index is 5.94. The van der Waals surface area contributed by atoms with E-state index in [1.54, 1.807) is 18.4 Å². The largest absolute Gasteiger partial charge is 0.493 e. The Balaban J connectivity index is 1.73. The Kier molecular flexibility index (Phi) is 4.18. The number of aromatic nitrogens is 1. The smallest absolute Gasteiger partial charge is 0.166 e. The summed E-state index contributed by atoms with van der Waals surface area (Å²) in [5.41, 5.74) is 3.89. The first-order chi connectivity index (χ1) is 9.86. The lowest BCUT2D eigenvalue weighted by atomic mass is 10.2. The molecule has 1 N–H and O–H groups in total. The highest BCUT2D eigenvalue weighted by atomic mass is 32.1. The molecule has 2 aromatic rings. The molecular formula is C15H18N2O2S. The minimum absolute atomic E-state index is 0.473. The second-order valence-corrected chi connectivity index (χ2v) is 5.59. The van der Waals surface area contributed by atoms with Gasteiger partial charge in [-0.15, -0.1) is 11.3 Å². The van der Waals surface area contributed by atoms with Crippen LogP contribution >= 0.6 is 11.3 Å². The molecule has 106 valence electrons. The van der Waals surface area contributed by atoms with Crippen molar-refractivity contribution in [3.05, 3.63) is 40.3 Å². The third-order valence-corrected chi connectivity index (χ3v) is 3.92. The molecular weight excluding hydrogens is 272 g/mol. The predicted molar refractivity (Wildman–Crippen MR) is 79.3 cm³/mol. The molecule has 0 spiro atoms. The summed E-state index contributed by atoms with van der Waals surface area (Å²) in [5, 5.41) is 5.51. The topological polar surface area (TPSA) is 43.4 Å². The summed E-state index contributed by atoms with van der Waals surface area (Å²) < 4.78 is 11.3. The van der Waals surface area contributed by atoms with Gasteiger partial charge in [-0.1, -0.05) is 12.1 Å². The van der Waals surface area contributed by atoms with E-state index in [9.17, 15) is 0 Å². The van der Waals surface area contributed by atoms with Gasteiger partial charge in [0.15, 0.2) is 11.5 Å². The number of ether oxygens (including phenoxy) is 2. The molecule has 0 saturated heterocycles. The summed E-state index contributed by atoms with van der Waals surface area (Å²) in [5.74, 6) is 1.59. The van der Waals surface area contributed by atoms with E-state index in [1.165, 1.54) is 12.8 Å². The van der Waals surface area contributed by atoms with E-state index >= 15 is 0 Å². The number of nitrogens with one attached hydrogen (secondary N) is 1. The number of hydrogen-bond acceptors (Lipinski definition) is 5. The normalized spacial score (nSPS) is 14.2. The first-order valence-electron chi connectivity index (χ1n) is 6.76. The lowest BCUT2D eigenvalue weighted by Crippen LogP contribution is -2.16. The van der Waals surface area contributed by atoms with Crippen molar-refractivity contribution in [1.29, 1.82) is 0 Å². The third kappa shape index (κ3) is 3.29. The molecule has 20 heavy (non-hydrogen) atoms. The van der Waals surface area contributed by atoms with Gasteiger partial charge in [0, 0.05) is 23.5 Å². The van der Waals surface area contributed by atoms with Crippen LogP contribution in [0, 0.1) is 0 Å². The number of para-hydroxylation sites is 1. The summed E-state index contributed by atoms with van der Waals surface area (Å²) in [7, 11) is 1.67. The van der Waals surface area contributed by atoms with Crippen LogP contribution in [0.1, 0.15) is 24.1 Å². The molecule has 0 atom stereocenters. The van der Waals surface area contributed by atoms with Gasteiger partial charge in [-0.2, -0.15) is 0 Å². The van der Waals surface area contributed by atoms with Crippen molar-refractivity contribution < 1.29 is 9.47 Å². The number of benzene rings is 1. The quantitative estimate of drug-likeness (QED) is 0.851. The molecule has 0 unspecified atom stereocenters. The van der Waals surface area contributed by atoms with Crippen LogP contribution in [0.15, 0.2) is 29.1 Å². The van der Waals surface area contributed by atoms with Crippen molar-refractivity contribution in [2.45, 2.75) is 32.0 Å². The molecule has 5 heteroatoms. The molecule has 3 rings (SSSR count). The third-order valence-electron chi connectivity index (χ3n) is 3.29. The lowest BCUT2D eigenvalue weighted by molar-refractivity contribution is 0.277. The van der Waals surface area contributed by atoms with Crippen LogP contribution in [0.2, 0.25) is 0 Å². The molecule has 0 amide bonds. The van der Waals surface area contributed by atoms with Gasteiger partial charge in [0.05, 0.1) is 18.3 Å². The van der Waals surface area contributed by atoms with Gasteiger partial charge in [0.25, 0.3) is 0 Å². The Hall–Kier alpha value is -1.59. The average molecular weight is 290 g/mol. The fourth-order valence-corrected chi connectivity index (χ4v) is 2.56. The van der Waals surface area contributed by atoms with E-state index < -0.39 is 0 Å². The lowest BCUT2D eigenvalue weighted by Gasteiger charge is -2.15. The van der Waals surface area contributed by atoms with Gasteiger partial charge in [-0.3, -0.25) is 0 Å². The number of rotatable bonds is 7. The van der Waals surface area contributed by atoms with E-state index in [-0.39, 0.29) is 0 Å². The van der Waals surface area contributed by atoms with E-state index in [1.807, 2.05) is 23.0 Å². The molecule has 0 radical (unpaired) electrons. The Morgan fingerprint density at radius 2 is 2.30 bits per heavy atom. The highest BCUT2D eigenvalue weighted by Gasteiger charge is 2.21. The molecule has 1 heterocycles. The maximum atomic E-state index is 5.94. The number of methoxy groups -OCH3 is 1. The highest BCUT2D eigenvalue weighted by Crippen LogP contribution is 2.32. The van der Waals surface area contributed by atoms with Crippen molar-refractivity contribution in [1.82, 2.24) is 10.3 Å². The minimum Gasteiger partial charge on any atom is -0.493 e. The van der Waals surface area contributed by atoms with Crippen molar-refractivity contribution in [3.63, 3.8) is 0 Å². The van der Waals surface area contributed by atoms with Gasteiger partial charge in [0.1, 0.15) is 6.61 Å². The Morgan fingerprint density at radius 3 is 3.00 bits per heavy atom. The fraction of sp³-hybridized carbons (Fsp3) is 0.400. The zero-order valence-corrected chi connectivity index (χ0v) is 12.3. The SMILES string of the molecule is COc1cccc(CNC2CC2)c1OCc1cscn1. The molecule has 1 saturated carbocycles. The Labute approximate surface area is 122 Å². The highest BCUT2D eigenvalue weighted by molar-refractivity contribution is 7.07. The van der Waals surface area contributed by atoms with Crippen LogP contribution in [-0.4, -0.2) is 18.1 Å². The van der Waals surface area contributed by atoms with Gasteiger partial charge in [-0.05, 0) is 18.9 Å². The number of hydrogen-bond donors (Lipinski definition) is 1. The van der Waals surface area contributed by atoms with Crippen molar-refractivity contribution in [2.75, 3.05) is 7.11 Å². The Morgan fingerprint density at radius 1 is 1.40 bits per heavy atom. The van der Waals surface area contributed by atoms with Crippen LogP contribution in [0.25, 0.3) is 0 Å².